The quantitative estimate of drug-likeness (QED) is 0.898. The summed E-state index contributed by atoms with van der Waals surface area (Å²) in [6.45, 7) is 2.03. The van der Waals surface area contributed by atoms with Crippen LogP contribution in [0.15, 0.2) is 42.5 Å². The van der Waals surface area contributed by atoms with Gasteiger partial charge in [0.1, 0.15) is 11.6 Å². The predicted molar refractivity (Wildman–Crippen MR) is 79.6 cm³/mol. The lowest BCUT2D eigenvalue weighted by Gasteiger charge is -2.18. The maximum Gasteiger partial charge on any atom is 0.123 e. The Morgan fingerprint density at radius 1 is 1.15 bits per heavy atom. The number of ether oxygens (including phenoxy) is 1. The van der Waals surface area contributed by atoms with E-state index < -0.39 is 0 Å². The van der Waals surface area contributed by atoms with Gasteiger partial charge in [0, 0.05) is 6.04 Å². The van der Waals surface area contributed by atoms with Gasteiger partial charge in [-0.3, -0.25) is 0 Å². The number of rotatable bonds is 5. The van der Waals surface area contributed by atoms with Gasteiger partial charge in [0.2, 0.25) is 0 Å². The van der Waals surface area contributed by atoms with Gasteiger partial charge in [-0.15, -0.1) is 0 Å². The van der Waals surface area contributed by atoms with Crippen molar-refractivity contribution < 1.29 is 9.13 Å². The van der Waals surface area contributed by atoms with E-state index in [2.05, 4.69) is 17.4 Å². The van der Waals surface area contributed by atoms with Gasteiger partial charge in [-0.2, -0.15) is 0 Å². The number of nitrogens with one attached hydrogen (secondary N) is 1. The van der Waals surface area contributed by atoms with Gasteiger partial charge in [-0.05, 0) is 55.3 Å². The molecule has 0 aliphatic carbocycles. The van der Waals surface area contributed by atoms with Crippen molar-refractivity contribution in [1.29, 1.82) is 0 Å². The number of hydrogen-bond acceptors (Lipinski definition) is 2. The summed E-state index contributed by atoms with van der Waals surface area (Å²) in [6.07, 6.45) is 0.822. The summed E-state index contributed by atoms with van der Waals surface area (Å²) in [5, 5.41) is 3.31. The minimum absolute atomic E-state index is 0.199. The average molecular weight is 273 g/mol. The van der Waals surface area contributed by atoms with Crippen molar-refractivity contribution in [2.75, 3.05) is 14.2 Å². The molecule has 0 aliphatic heterocycles. The highest BCUT2D eigenvalue weighted by molar-refractivity contribution is 5.38. The molecule has 0 aromatic heterocycles. The Bertz CT molecular complexity index is 566. The molecule has 0 saturated heterocycles. The summed E-state index contributed by atoms with van der Waals surface area (Å²) in [5.41, 5.74) is 3.43. The molecule has 0 saturated carbocycles. The third kappa shape index (κ3) is 3.36. The number of halogens is 1. The van der Waals surface area contributed by atoms with Crippen LogP contribution < -0.4 is 10.1 Å². The lowest BCUT2D eigenvalue weighted by molar-refractivity contribution is 0.411. The van der Waals surface area contributed by atoms with Crippen LogP contribution >= 0.6 is 0 Å². The molecular weight excluding hydrogens is 253 g/mol. The Kier molecular flexibility index (Phi) is 4.74. The summed E-state index contributed by atoms with van der Waals surface area (Å²) >= 11 is 0. The van der Waals surface area contributed by atoms with Gasteiger partial charge in [0.05, 0.1) is 7.11 Å². The second kappa shape index (κ2) is 6.53. The van der Waals surface area contributed by atoms with Gasteiger partial charge in [-0.25, -0.2) is 4.39 Å². The minimum atomic E-state index is -0.199. The fraction of sp³-hybridized carbons (Fsp3) is 0.294. The molecule has 20 heavy (non-hydrogen) atoms. The number of hydrogen-bond donors (Lipinski definition) is 1. The normalized spacial score (nSPS) is 12.2. The summed E-state index contributed by atoms with van der Waals surface area (Å²) < 4.78 is 18.2. The molecule has 0 heterocycles. The Morgan fingerprint density at radius 3 is 2.40 bits per heavy atom. The Balaban J connectivity index is 2.19. The van der Waals surface area contributed by atoms with Gasteiger partial charge in [0.15, 0.2) is 0 Å². The van der Waals surface area contributed by atoms with E-state index in [4.69, 9.17) is 4.74 Å². The molecule has 3 heteroatoms. The third-order valence-electron chi connectivity index (χ3n) is 3.52. The highest BCUT2D eigenvalue weighted by Crippen LogP contribution is 2.24. The van der Waals surface area contributed by atoms with Crippen molar-refractivity contribution in [3.63, 3.8) is 0 Å². The first-order chi connectivity index (χ1) is 9.63. The number of aryl methyl sites for hydroxylation is 1. The van der Waals surface area contributed by atoms with Gasteiger partial charge < -0.3 is 10.1 Å². The van der Waals surface area contributed by atoms with Crippen LogP contribution in [-0.2, 0) is 6.42 Å². The maximum atomic E-state index is 12.9. The van der Waals surface area contributed by atoms with Crippen molar-refractivity contribution >= 4 is 0 Å². The predicted octanol–water partition coefficient (Wildman–Crippen LogP) is 3.65. The Labute approximate surface area is 119 Å². The van der Waals surface area contributed by atoms with E-state index in [1.165, 1.54) is 17.7 Å². The first-order valence-electron chi connectivity index (χ1n) is 6.70. The molecule has 0 aliphatic rings. The molecule has 2 aromatic rings. The Hall–Kier alpha value is -1.87. The largest absolute Gasteiger partial charge is 0.496 e. The topological polar surface area (TPSA) is 21.3 Å². The lowest BCUT2D eigenvalue weighted by Crippen LogP contribution is -2.19. The molecule has 2 rings (SSSR count). The first kappa shape index (κ1) is 14.5. The zero-order chi connectivity index (χ0) is 14.5. The summed E-state index contributed by atoms with van der Waals surface area (Å²) in [4.78, 5) is 0. The van der Waals surface area contributed by atoms with Crippen LogP contribution in [0.3, 0.4) is 0 Å². The zero-order valence-electron chi connectivity index (χ0n) is 12.1. The van der Waals surface area contributed by atoms with Crippen LogP contribution in [-0.4, -0.2) is 14.2 Å². The van der Waals surface area contributed by atoms with E-state index in [1.807, 2.05) is 32.2 Å². The van der Waals surface area contributed by atoms with E-state index in [0.29, 0.717) is 0 Å². The first-order valence-corrected chi connectivity index (χ1v) is 6.70. The molecule has 0 fully saturated rings. The molecular formula is C17H20FNO. The fourth-order valence-corrected chi connectivity index (χ4v) is 2.36. The highest BCUT2D eigenvalue weighted by atomic mass is 19.1. The molecule has 1 N–H and O–H groups in total. The summed E-state index contributed by atoms with van der Waals surface area (Å²) in [6, 6.07) is 13.0. The molecule has 1 unspecified atom stereocenters. The second-order valence-corrected chi connectivity index (χ2v) is 4.90. The lowest BCUT2D eigenvalue weighted by atomic mass is 9.97. The third-order valence-corrected chi connectivity index (χ3v) is 3.52. The molecule has 0 bridgehead atoms. The number of benzene rings is 2. The molecule has 1 atom stereocenters. The second-order valence-electron chi connectivity index (χ2n) is 4.90. The van der Waals surface area contributed by atoms with Crippen molar-refractivity contribution in [3.05, 3.63) is 65.0 Å². The smallest absolute Gasteiger partial charge is 0.123 e. The molecule has 0 spiro atoms. The van der Waals surface area contributed by atoms with Gasteiger partial charge in [-0.1, -0.05) is 24.3 Å². The van der Waals surface area contributed by atoms with Gasteiger partial charge >= 0.3 is 0 Å². The van der Waals surface area contributed by atoms with Crippen molar-refractivity contribution in [1.82, 2.24) is 5.32 Å². The number of likely N-dealkylation sites (N-methyl/N-ethyl adjacent to an activating group) is 1. The highest BCUT2D eigenvalue weighted by Gasteiger charge is 2.11. The molecule has 2 nitrogen and oxygen atoms in total. The van der Waals surface area contributed by atoms with Crippen molar-refractivity contribution in [2.45, 2.75) is 19.4 Å². The van der Waals surface area contributed by atoms with Crippen LogP contribution in [0, 0.1) is 12.7 Å². The zero-order valence-corrected chi connectivity index (χ0v) is 12.1. The van der Waals surface area contributed by atoms with Crippen molar-refractivity contribution in [3.8, 4) is 5.75 Å². The monoisotopic (exact) mass is 273 g/mol. The summed E-state index contributed by atoms with van der Waals surface area (Å²) in [5.74, 6) is 0.695. The van der Waals surface area contributed by atoms with Crippen LogP contribution in [0.25, 0.3) is 0 Å². The summed E-state index contributed by atoms with van der Waals surface area (Å²) in [7, 11) is 3.61. The van der Waals surface area contributed by atoms with E-state index in [1.54, 1.807) is 7.11 Å². The Morgan fingerprint density at radius 2 is 1.85 bits per heavy atom. The standard InChI is InChI=1S/C17H20FNO/c1-12-10-14(6-9-17(12)20-3)16(19-2)11-13-4-7-15(18)8-5-13/h4-10,16,19H,11H2,1-3H3. The van der Waals surface area contributed by atoms with Crippen LogP contribution in [0.2, 0.25) is 0 Å². The van der Waals surface area contributed by atoms with Crippen LogP contribution in [0.5, 0.6) is 5.75 Å². The molecule has 106 valence electrons. The van der Waals surface area contributed by atoms with Crippen LogP contribution in [0.4, 0.5) is 4.39 Å². The van der Waals surface area contributed by atoms with Gasteiger partial charge in [0.25, 0.3) is 0 Å². The fourth-order valence-electron chi connectivity index (χ4n) is 2.36. The SMILES string of the molecule is CNC(Cc1ccc(F)cc1)c1ccc(OC)c(C)c1. The van der Waals surface area contributed by atoms with Crippen molar-refractivity contribution in [2.24, 2.45) is 0 Å². The molecule has 2 aromatic carbocycles. The minimum Gasteiger partial charge on any atom is -0.496 e. The van der Waals surface area contributed by atoms with E-state index in [9.17, 15) is 4.39 Å². The van der Waals surface area contributed by atoms with Crippen LogP contribution in [0.1, 0.15) is 22.7 Å². The van der Waals surface area contributed by atoms with E-state index >= 15 is 0 Å². The van der Waals surface area contributed by atoms with E-state index in [-0.39, 0.29) is 11.9 Å². The number of methoxy groups -OCH3 is 1. The molecule has 0 radical (unpaired) electrons. The average Bonchev–Trinajstić information content (AvgIpc) is 2.46. The molecule has 0 amide bonds. The van der Waals surface area contributed by atoms with E-state index in [0.717, 1.165) is 23.3 Å². The maximum absolute atomic E-state index is 12.9.